The van der Waals surface area contributed by atoms with Gasteiger partial charge in [0.1, 0.15) is 5.82 Å². The van der Waals surface area contributed by atoms with E-state index in [0.717, 1.165) is 12.8 Å². The van der Waals surface area contributed by atoms with Crippen LogP contribution in [0.25, 0.3) is 0 Å². The molecule has 2 nitrogen and oxygen atoms in total. The van der Waals surface area contributed by atoms with Crippen molar-refractivity contribution in [3.8, 4) is 6.07 Å². The highest BCUT2D eigenvalue weighted by Crippen LogP contribution is 2.16. The van der Waals surface area contributed by atoms with E-state index in [-0.39, 0.29) is 11.4 Å². The lowest BCUT2D eigenvalue weighted by Gasteiger charge is -2.28. The average Bonchev–Trinajstić information content (AvgIpc) is 2.37. The predicted molar refractivity (Wildman–Crippen MR) is 66.9 cm³/mol. The van der Waals surface area contributed by atoms with E-state index < -0.39 is 0 Å². The van der Waals surface area contributed by atoms with Gasteiger partial charge in [0.25, 0.3) is 0 Å². The average molecular weight is 234 g/mol. The van der Waals surface area contributed by atoms with Crippen molar-refractivity contribution in [2.45, 2.75) is 45.7 Å². The molecule has 0 atom stereocenters. The van der Waals surface area contributed by atoms with Gasteiger partial charge in [-0.3, -0.25) is 0 Å². The summed E-state index contributed by atoms with van der Waals surface area (Å²) in [5.41, 5.74) is 1.07. The van der Waals surface area contributed by atoms with E-state index >= 15 is 0 Å². The maximum Gasteiger partial charge on any atom is 0.127 e. The highest BCUT2D eigenvalue weighted by Gasteiger charge is 2.18. The van der Waals surface area contributed by atoms with Crippen molar-refractivity contribution < 1.29 is 4.39 Å². The molecule has 0 unspecified atom stereocenters. The van der Waals surface area contributed by atoms with Gasteiger partial charge in [-0.15, -0.1) is 0 Å². The lowest BCUT2D eigenvalue weighted by molar-refractivity contribution is 0.327. The van der Waals surface area contributed by atoms with Crippen LogP contribution in [-0.4, -0.2) is 5.54 Å². The second-order valence-electron chi connectivity index (χ2n) is 4.54. The van der Waals surface area contributed by atoms with E-state index in [1.165, 1.54) is 12.1 Å². The molecule has 0 bridgehead atoms. The Morgan fingerprint density at radius 3 is 2.53 bits per heavy atom. The van der Waals surface area contributed by atoms with Crippen molar-refractivity contribution in [3.05, 3.63) is 35.1 Å². The number of halogens is 1. The van der Waals surface area contributed by atoms with Crippen LogP contribution in [0.1, 0.15) is 44.7 Å². The van der Waals surface area contributed by atoms with Gasteiger partial charge in [-0.25, -0.2) is 4.39 Å². The third kappa shape index (κ3) is 3.54. The van der Waals surface area contributed by atoms with Gasteiger partial charge in [0.05, 0.1) is 11.6 Å². The predicted octanol–water partition coefficient (Wildman–Crippen LogP) is 3.37. The molecular weight excluding hydrogens is 215 g/mol. The van der Waals surface area contributed by atoms with Crippen LogP contribution in [0.3, 0.4) is 0 Å². The Bertz CT molecular complexity index is 417. The van der Waals surface area contributed by atoms with Crippen molar-refractivity contribution in [2.24, 2.45) is 0 Å². The lowest BCUT2D eigenvalue weighted by Crippen LogP contribution is -2.40. The van der Waals surface area contributed by atoms with Crippen LogP contribution in [0.4, 0.5) is 4.39 Å². The Balaban J connectivity index is 2.79. The van der Waals surface area contributed by atoms with Crippen molar-refractivity contribution in [2.75, 3.05) is 0 Å². The topological polar surface area (TPSA) is 35.8 Å². The van der Waals surface area contributed by atoms with Crippen molar-refractivity contribution >= 4 is 0 Å². The molecule has 0 heterocycles. The molecule has 0 radical (unpaired) electrons. The van der Waals surface area contributed by atoms with Gasteiger partial charge < -0.3 is 5.32 Å². The Labute approximate surface area is 102 Å². The molecule has 1 aromatic rings. The SMILES string of the molecule is CCC(C)(CC)NCc1cc(C#N)ccc1F. The first-order chi connectivity index (χ1) is 8.04. The van der Waals surface area contributed by atoms with E-state index in [0.29, 0.717) is 17.7 Å². The maximum atomic E-state index is 13.5. The summed E-state index contributed by atoms with van der Waals surface area (Å²) in [7, 11) is 0. The van der Waals surface area contributed by atoms with Gasteiger partial charge >= 0.3 is 0 Å². The Morgan fingerprint density at radius 2 is 2.00 bits per heavy atom. The fraction of sp³-hybridized carbons (Fsp3) is 0.500. The molecule has 0 saturated heterocycles. The van der Waals surface area contributed by atoms with Gasteiger partial charge in [-0.2, -0.15) is 5.26 Å². The summed E-state index contributed by atoms with van der Waals surface area (Å²) < 4.78 is 13.5. The van der Waals surface area contributed by atoms with E-state index in [1.54, 1.807) is 6.07 Å². The molecular formula is C14H19FN2. The van der Waals surface area contributed by atoms with E-state index in [4.69, 9.17) is 5.26 Å². The Hall–Kier alpha value is -1.40. The van der Waals surface area contributed by atoms with Gasteiger partial charge in [0.15, 0.2) is 0 Å². The van der Waals surface area contributed by atoms with E-state index in [1.807, 2.05) is 6.07 Å². The summed E-state index contributed by atoms with van der Waals surface area (Å²) in [5, 5.41) is 12.1. The summed E-state index contributed by atoms with van der Waals surface area (Å²) in [6, 6.07) is 6.48. The molecule has 0 spiro atoms. The first-order valence-corrected chi connectivity index (χ1v) is 5.98. The standard InChI is InChI=1S/C14H19FN2/c1-4-14(3,5-2)17-10-12-8-11(9-16)6-7-13(12)15/h6-8,17H,4-5,10H2,1-3H3. The number of rotatable bonds is 5. The molecule has 0 aliphatic heterocycles. The Kier molecular flexibility index (Phi) is 4.65. The number of benzene rings is 1. The quantitative estimate of drug-likeness (QED) is 0.848. The number of nitrogens with zero attached hydrogens (tertiary/aromatic N) is 1. The summed E-state index contributed by atoms with van der Waals surface area (Å²) in [4.78, 5) is 0. The molecule has 1 rings (SSSR count). The smallest absolute Gasteiger partial charge is 0.127 e. The van der Waals surface area contributed by atoms with E-state index in [9.17, 15) is 4.39 Å². The third-order valence-corrected chi connectivity index (χ3v) is 3.44. The fourth-order valence-corrected chi connectivity index (χ4v) is 1.59. The maximum absolute atomic E-state index is 13.5. The zero-order valence-corrected chi connectivity index (χ0v) is 10.7. The zero-order valence-electron chi connectivity index (χ0n) is 10.7. The number of nitriles is 1. The molecule has 0 aliphatic carbocycles. The van der Waals surface area contributed by atoms with Crippen molar-refractivity contribution in [1.82, 2.24) is 5.32 Å². The van der Waals surface area contributed by atoms with E-state index in [2.05, 4.69) is 26.1 Å². The Morgan fingerprint density at radius 1 is 1.35 bits per heavy atom. The number of nitrogens with one attached hydrogen (secondary N) is 1. The summed E-state index contributed by atoms with van der Waals surface area (Å²) >= 11 is 0. The fourth-order valence-electron chi connectivity index (χ4n) is 1.59. The number of hydrogen-bond acceptors (Lipinski definition) is 2. The molecule has 0 amide bonds. The molecule has 92 valence electrons. The second kappa shape index (κ2) is 5.79. The third-order valence-electron chi connectivity index (χ3n) is 3.44. The van der Waals surface area contributed by atoms with Gasteiger partial charge in [0.2, 0.25) is 0 Å². The number of hydrogen-bond donors (Lipinski definition) is 1. The minimum Gasteiger partial charge on any atom is -0.307 e. The molecule has 1 aromatic carbocycles. The normalized spacial score (nSPS) is 11.2. The van der Waals surface area contributed by atoms with Crippen LogP contribution in [0, 0.1) is 17.1 Å². The highest BCUT2D eigenvalue weighted by atomic mass is 19.1. The summed E-state index contributed by atoms with van der Waals surface area (Å²) in [6.45, 7) is 6.80. The van der Waals surface area contributed by atoms with Crippen LogP contribution in [0.2, 0.25) is 0 Å². The van der Waals surface area contributed by atoms with Crippen LogP contribution >= 0.6 is 0 Å². The molecule has 0 saturated carbocycles. The molecule has 1 N–H and O–H groups in total. The van der Waals surface area contributed by atoms with Crippen LogP contribution in [0.5, 0.6) is 0 Å². The van der Waals surface area contributed by atoms with Crippen molar-refractivity contribution in [3.63, 3.8) is 0 Å². The molecule has 0 aliphatic rings. The van der Waals surface area contributed by atoms with Gasteiger partial charge in [0, 0.05) is 17.6 Å². The van der Waals surface area contributed by atoms with Crippen LogP contribution in [0.15, 0.2) is 18.2 Å². The van der Waals surface area contributed by atoms with Crippen LogP contribution < -0.4 is 5.32 Å². The first kappa shape index (κ1) is 13.7. The molecule has 3 heteroatoms. The van der Waals surface area contributed by atoms with Crippen molar-refractivity contribution in [1.29, 1.82) is 5.26 Å². The summed E-state index contributed by atoms with van der Waals surface area (Å²) in [5.74, 6) is -0.258. The zero-order chi connectivity index (χ0) is 12.9. The molecule has 0 fully saturated rings. The van der Waals surface area contributed by atoms with Gasteiger partial charge in [-0.05, 0) is 38.0 Å². The molecule has 17 heavy (non-hydrogen) atoms. The minimum absolute atomic E-state index is 0.0229. The minimum atomic E-state index is -0.258. The monoisotopic (exact) mass is 234 g/mol. The molecule has 0 aromatic heterocycles. The largest absolute Gasteiger partial charge is 0.307 e. The highest BCUT2D eigenvalue weighted by molar-refractivity contribution is 5.33. The lowest BCUT2D eigenvalue weighted by atomic mass is 9.95. The second-order valence-corrected chi connectivity index (χ2v) is 4.54. The first-order valence-electron chi connectivity index (χ1n) is 5.98. The summed E-state index contributed by atoms with van der Waals surface area (Å²) in [6.07, 6.45) is 1.98. The van der Waals surface area contributed by atoms with Crippen LogP contribution in [-0.2, 0) is 6.54 Å². The van der Waals surface area contributed by atoms with Gasteiger partial charge in [-0.1, -0.05) is 13.8 Å².